The van der Waals surface area contributed by atoms with E-state index in [1.165, 1.54) is 28.3 Å². The Kier molecular flexibility index (Phi) is 6.57. The maximum atomic E-state index is 11.2. The zero-order valence-corrected chi connectivity index (χ0v) is 16.1. The van der Waals surface area contributed by atoms with Gasteiger partial charge >= 0.3 is 5.97 Å². The lowest BCUT2D eigenvalue weighted by Crippen LogP contribution is -2.01. The van der Waals surface area contributed by atoms with Crippen molar-refractivity contribution in [2.75, 3.05) is 13.3 Å². The molecule has 4 nitrogen and oxygen atoms in total. The Bertz CT molecular complexity index is 747. The minimum atomic E-state index is -1.12. The van der Waals surface area contributed by atoms with Crippen LogP contribution in [-0.4, -0.2) is 29.5 Å². The van der Waals surface area contributed by atoms with Crippen LogP contribution < -0.4 is 0 Å². The third-order valence-corrected chi connectivity index (χ3v) is 5.69. The SMILES string of the molecule is CCOP(C)Cc1cc(C)c(Cc2ccc(O)c(C(=O)O)c2)c(C)c1. The average Bonchev–Trinajstić information content (AvgIpc) is 2.52. The fraction of sp³-hybridized carbons (Fsp3) is 0.350. The molecule has 0 saturated carbocycles. The standard InChI is InChI=1S/C20H25O4P/c1-5-24-25(4)12-16-8-13(2)17(14(3)9-16)10-15-6-7-19(21)18(11-15)20(22)23/h6-9,11,21H,5,10,12H2,1-4H3,(H,22,23). The molecule has 1 atom stereocenters. The van der Waals surface area contributed by atoms with E-state index in [1.54, 1.807) is 12.1 Å². The number of hydrogen-bond acceptors (Lipinski definition) is 3. The first kappa shape index (κ1) is 19.4. The molecule has 0 spiro atoms. The Morgan fingerprint density at radius 1 is 1.12 bits per heavy atom. The van der Waals surface area contributed by atoms with Gasteiger partial charge in [0, 0.05) is 20.9 Å². The van der Waals surface area contributed by atoms with E-state index in [4.69, 9.17) is 9.63 Å². The molecule has 0 aliphatic heterocycles. The number of rotatable bonds is 7. The first-order valence-electron chi connectivity index (χ1n) is 8.30. The molecule has 0 aliphatic carbocycles. The summed E-state index contributed by atoms with van der Waals surface area (Å²) in [4.78, 5) is 11.2. The molecule has 5 heteroatoms. The van der Waals surface area contributed by atoms with Gasteiger partial charge < -0.3 is 14.7 Å². The molecule has 0 bridgehead atoms. The van der Waals surface area contributed by atoms with Crippen LogP contribution in [0, 0.1) is 13.8 Å². The second kappa shape index (κ2) is 8.46. The number of carboxylic acid groups (broad SMARTS) is 1. The van der Waals surface area contributed by atoms with Crippen LogP contribution >= 0.6 is 8.15 Å². The minimum absolute atomic E-state index is 0.0576. The summed E-state index contributed by atoms with van der Waals surface area (Å²) in [6.07, 6.45) is 1.58. The predicted octanol–water partition coefficient (Wildman–Crippen LogP) is 4.86. The maximum Gasteiger partial charge on any atom is 0.339 e. The van der Waals surface area contributed by atoms with Crippen molar-refractivity contribution in [1.82, 2.24) is 0 Å². The molecule has 2 N–H and O–H groups in total. The summed E-state index contributed by atoms with van der Waals surface area (Å²) in [5.41, 5.74) is 5.68. The van der Waals surface area contributed by atoms with E-state index >= 15 is 0 Å². The zero-order chi connectivity index (χ0) is 18.6. The van der Waals surface area contributed by atoms with Crippen LogP contribution in [0.25, 0.3) is 0 Å². The smallest absolute Gasteiger partial charge is 0.339 e. The van der Waals surface area contributed by atoms with Crippen molar-refractivity contribution in [2.45, 2.75) is 33.4 Å². The van der Waals surface area contributed by atoms with Crippen LogP contribution in [0.5, 0.6) is 5.75 Å². The van der Waals surface area contributed by atoms with E-state index in [9.17, 15) is 9.90 Å². The molecule has 2 aromatic carbocycles. The van der Waals surface area contributed by atoms with Crippen molar-refractivity contribution < 1.29 is 19.5 Å². The van der Waals surface area contributed by atoms with Gasteiger partial charge in [0.25, 0.3) is 0 Å². The molecule has 1 unspecified atom stereocenters. The third kappa shape index (κ3) is 5.04. The Labute approximate surface area is 150 Å². The van der Waals surface area contributed by atoms with Crippen molar-refractivity contribution in [1.29, 1.82) is 0 Å². The number of aromatic hydroxyl groups is 1. The molecule has 0 fully saturated rings. The van der Waals surface area contributed by atoms with E-state index in [-0.39, 0.29) is 11.3 Å². The monoisotopic (exact) mass is 360 g/mol. The van der Waals surface area contributed by atoms with Gasteiger partial charge in [0.1, 0.15) is 11.3 Å². The first-order valence-corrected chi connectivity index (χ1v) is 10.2. The molecule has 25 heavy (non-hydrogen) atoms. The molecule has 0 radical (unpaired) electrons. The van der Waals surface area contributed by atoms with Crippen molar-refractivity contribution in [3.63, 3.8) is 0 Å². The predicted molar refractivity (Wildman–Crippen MR) is 102 cm³/mol. The highest BCUT2D eigenvalue weighted by atomic mass is 31.1. The third-order valence-electron chi connectivity index (χ3n) is 4.18. The summed E-state index contributed by atoms with van der Waals surface area (Å²) in [5.74, 6) is -1.32. The van der Waals surface area contributed by atoms with Crippen molar-refractivity contribution in [3.05, 3.63) is 63.7 Å². The van der Waals surface area contributed by atoms with E-state index < -0.39 is 14.1 Å². The van der Waals surface area contributed by atoms with Gasteiger partial charge in [-0.1, -0.05) is 18.2 Å². The molecular formula is C20H25O4P. The Morgan fingerprint density at radius 2 is 1.76 bits per heavy atom. The topological polar surface area (TPSA) is 66.8 Å². The minimum Gasteiger partial charge on any atom is -0.507 e. The lowest BCUT2D eigenvalue weighted by atomic mass is 9.93. The summed E-state index contributed by atoms with van der Waals surface area (Å²) < 4.78 is 5.68. The van der Waals surface area contributed by atoms with Crippen LogP contribution in [-0.2, 0) is 17.1 Å². The zero-order valence-electron chi connectivity index (χ0n) is 15.2. The number of phenols is 1. The highest BCUT2D eigenvalue weighted by Gasteiger charge is 2.13. The van der Waals surface area contributed by atoms with Crippen LogP contribution in [0.2, 0.25) is 0 Å². The normalized spacial score (nSPS) is 12.2. The molecule has 2 aromatic rings. The number of carboxylic acids is 1. The van der Waals surface area contributed by atoms with Crippen LogP contribution in [0.3, 0.4) is 0 Å². The van der Waals surface area contributed by atoms with Gasteiger partial charge in [0.05, 0.1) is 0 Å². The van der Waals surface area contributed by atoms with Crippen molar-refractivity contribution in [3.8, 4) is 5.75 Å². The van der Waals surface area contributed by atoms with Gasteiger partial charge in [-0.15, -0.1) is 0 Å². The average molecular weight is 360 g/mol. The van der Waals surface area contributed by atoms with E-state index in [0.717, 1.165) is 18.3 Å². The molecule has 2 rings (SSSR count). The van der Waals surface area contributed by atoms with E-state index in [2.05, 4.69) is 32.6 Å². The summed E-state index contributed by atoms with van der Waals surface area (Å²) in [6.45, 7) is 9.07. The van der Waals surface area contributed by atoms with Crippen LogP contribution in [0.1, 0.15) is 45.1 Å². The lowest BCUT2D eigenvalue weighted by Gasteiger charge is -2.16. The Balaban J connectivity index is 2.26. The van der Waals surface area contributed by atoms with E-state index in [0.29, 0.717) is 6.42 Å². The lowest BCUT2D eigenvalue weighted by molar-refractivity contribution is 0.0693. The highest BCUT2D eigenvalue weighted by Crippen LogP contribution is 2.37. The Morgan fingerprint density at radius 3 is 2.32 bits per heavy atom. The van der Waals surface area contributed by atoms with Gasteiger partial charge in [-0.2, -0.15) is 0 Å². The van der Waals surface area contributed by atoms with Gasteiger partial charge in [0.2, 0.25) is 0 Å². The molecule has 134 valence electrons. The van der Waals surface area contributed by atoms with Crippen molar-refractivity contribution in [2.24, 2.45) is 0 Å². The number of carbonyl (C=O) groups is 1. The second-order valence-corrected chi connectivity index (χ2v) is 8.08. The van der Waals surface area contributed by atoms with Gasteiger partial charge in [-0.05, 0) is 73.8 Å². The maximum absolute atomic E-state index is 11.2. The molecule has 0 amide bonds. The first-order chi connectivity index (χ1) is 11.8. The van der Waals surface area contributed by atoms with Gasteiger partial charge in [-0.25, -0.2) is 4.79 Å². The Hall–Kier alpha value is -1.90. The fourth-order valence-electron chi connectivity index (χ4n) is 3.04. The van der Waals surface area contributed by atoms with Crippen LogP contribution in [0.4, 0.5) is 0 Å². The number of aromatic carboxylic acids is 1. The molecule has 0 aromatic heterocycles. The molecule has 0 heterocycles. The summed E-state index contributed by atoms with van der Waals surface area (Å²) in [7, 11) is -0.448. The molecule has 0 saturated heterocycles. The molecule has 0 aliphatic rings. The summed E-state index contributed by atoms with van der Waals surface area (Å²) in [5, 5.41) is 18.8. The highest BCUT2D eigenvalue weighted by molar-refractivity contribution is 7.50. The number of aryl methyl sites for hydroxylation is 2. The second-order valence-electron chi connectivity index (χ2n) is 6.25. The fourth-order valence-corrected chi connectivity index (χ4v) is 4.27. The van der Waals surface area contributed by atoms with Gasteiger partial charge in [-0.3, -0.25) is 0 Å². The van der Waals surface area contributed by atoms with Crippen molar-refractivity contribution >= 4 is 14.1 Å². The number of benzene rings is 2. The summed E-state index contributed by atoms with van der Waals surface area (Å²) in [6, 6.07) is 9.15. The largest absolute Gasteiger partial charge is 0.507 e. The number of hydrogen-bond donors (Lipinski definition) is 2. The summed E-state index contributed by atoms with van der Waals surface area (Å²) >= 11 is 0. The van der Waals surface area contributed by atoms with Crippen LogP contribution in [0.15, 0.2) is 30.3 Å². The van der Waals surface area contributed by atoms with Gasteiger partial charge in [0.15, 0.2) is 0 Å². The quantitative estimate of drug-likeness (QED) is 0.692. The van der Waals surface area contributed by atoms with E-state index in [1.807, 2.05) is 6.92 Å². The molecular weight excluding hydrogens is 335 g/mol.